The predicted octanol–water partition coefficient (Wildman–Crippen LogP) is 1.64. The van der Waals surface area contributed by atoms with Crippen molar-refractivity contribution in [2.75, 3.05) is 0 Å². The summed E-state index contributed by atoms with van der Waals surface area (Å²) in [5.41, 5.74) is 0. The minimum absolute atomic E-state index is 0. The summed E-state index contributed by atoms with van der Waals surface area (Å²) < 4.78 is 7.50. The van der Waals surface area contributed by atoms with Crippen molar-refractivity contribution in [2.45, 2.75) is 36.1 Å². The SMILES string of the molecule is C.C.C.CC(C)=O.O.[C-]#[O+]. The molecule has 0 rings (SSSR count). The first-order chi connectivity index (χ1) is 2.73. The van der Waals surface area contributed by atoms with Crippen LogP contribution in [0, 0.1) is 6.65 Å². The fourth-order valence-corrected chi connectivity index (χ4v) is 0. The van der Waals surface area contributed by atoms with Gasteiger partial charge in [0.05, 0.1) is 0 Å². The molecule has 0 atom stereocenters. The number of rotatable bonds is 0. The molecule has 0 aromatic heterocycles. The number of hydrogen-bond donors (Lipinski definition) is 0. The Hall–Kier alpha value is -0.630. The van der Waals surface area contributed by atoms with Crippen molar-refractivity contribution < 1.29 is 14.9 Å². The van der Waals surface area contributed by atoms with Crippen LogP contribution in [0.5, 0.6) is 0 Å². The molecule has 0 aromatic carbocycles. The van der Waals surface area contributed by atoms with Crippen molar-refractivity contribution in [3.63, 3.8) is 0 Å². The van der Waals surface area contributed by atoms with Gasteiger partial charge in [-0.25, -0.2) is 0 Å². The molecule has 0 radical (unpaired) electrons. The van der Waals surface area contributed by atoms with Crippen molar-refractivity contribution in [3.05, 3.63) is 6.65 Å². The van der Waals surface area contributed by atoms with E-state index < -0.39 is 0 Å². The molecule has 0 heterocycles. The quantitative estimate of drug-likeness (QED) is 0.384. The van der Waals surface area contributed by atoms with Crippen molar-refractivity contribution in [3.8, 4) is 0 Å². The Morgan fingerprint density at radius 3 is 1.10 bits per heavy atom. The summed E-state index contributed by atoms with van der Waals surface area (Å²) in [5.74, 6) is 0.167. The Kier molecular flexibility index (Phi) is 468. The average molecular weight is 152 g/mol. The molecule has 0 fully saturated rings. The standard InChI is InChI=1S/C3H6O.CO.3CH4.H2O/c1-3(2)4;1-2;;;;/h1-2H3;;3*1H4;1H2. The molecule has 0 aliphatic heterocycles. The van der Waals surface area contributed by atoms with E-state index in [0.717, 1.165) is 0 Å². The molecule has 0 aromatic rings. The van der Waals surface area contributed by atoms with Gasteiger partial charge in [-0.1, -0.05) is 22.3 Å². The van der Waals surface area contributed by atoms with Gasteiger partial charge in [0.15, 0.2) is 0 Å². The molecule has 0 bridgehead atoms. The van der Waals surface area contributed by atoms with Gasteiger partial charge >= 0.3 is 11.3 Å². The molecule has 0 amide bonds. The maximum absolute atomic E-state index is 9.44. The van der Waals surface area contributed by atoms with Gasteiger partial charge in [-0.15, -0.1) is 0 Å². The van der Waals surface area contributed by atoms with Crippen LogP contribution < -0.4 is 0 Å². The molecule has 0 saturated heterocycles. The van der Waals surface area contributed by atoms with E-state index in [4.69, 9.17) is 4.65 Å². The number of carbonyl (C=O) groups excluding carboxylic acids is 1. The van der Waals surface area contributed by atoms with Crippen LogP contribution >= 0.6 is 0 Å². The molecule has 0 aliphatic rings. The summed E-state index contributed by atoms with van der Waals surface area (Å²) >= 11 is 0. The van der Waals surface area contributed by atoms with E-state index in [9.17, 15) is 4.79 Å². The van der Waals surface area contributed by atoms with Crippen LogP contribution in [0.25, 0.3) is 0 Å². The summed E-state index contributed by atoms with van der Waals surface area (Å²) in [6.45, 7) is 7.56. The Labute approximate surface area is 64.5 Å². The van der Waals surface area contributed by atoms with E-state index in [1.165, 1.54) is 13.8 Å². The monoisotopic (exact) mass is 152 g/mol. The molecule has 66 valence electrons. The van der Waals surface area contributed by atoms with Crippen molar-refractivity contribution >= 4 is 5.78 Å². The van der Waals surface area contributed by atoms with Crippen LogP contribution in [-0.4, -0.2) is 11.3 Å². The van der Waals surface area contributed by atoms with Crippen LogP contribution in [-0.2, 0) is 9.45 Å². The fraction of sp³-hybridized carbons (Fsp3) is 0.714. The summed E-state index contributed by atoms with van der Waals surface area (Å²) in [4.78, 5) is 9.44. The molecule has 2 N–H and O–H groups in total. The van der Waals surface area contributed by atoms with Crippen LogP contribution in [0.2, 0.25) is 0 Å². The van der Waals surface area contributed by atoms with E-state index in [1.54, 1.807) is 0 Å². The second-order valence-corrected chi connectivity index (χ2v) is 0.908. The van der Waals surface area contributed by atoms with Gasteiger partial charge in [0.25, 0.3) is 0 Å². The summed E-state index contributed by atoms with van der Waals surface area (Å²) in [6, 6.07) is 0. The van der Waals surface area contributed by atoms with Gasteiger partial charge in [-0.05, 0) is 13.8 Å². The second-order valence-electron chi connectivity index (χ2n) is 0.908. The Morgan fingerprint density at radius 1 is 1.10 bits per heavy atom. The average Bonchev–Trinajstić information content (AvgIpc) is 1.41. The molecule has 0 unspecified atom stereocenters. The Bertz CT molecular complexity index is 53.1. The topological polar surface area (TPSA) is 68.5 Å². The van der Waals surface area contributed by atoms with E-state index >= 15 is 0 Å². The molecular formula is C7H20O3. The molecular weight excluding hydrogens is 132 g/mol. The number of hydrogen-bond acceptors (Lipinski definition) is 1. The van der Waals surface area contributed by atoms with Crippen LogP contribution in [0.1, 0.15) is 36.1 Å². The molecule has 0 saturated carbocycles. The number of carbonyl (C=O) groups is 1. The molecule has 10 heavy (non-hydrogen) atoms. The van der Waals surface area contributed by atoms with Crippen LogP contribution in [0.4, 0.5) is 0 Å². The molecule has 3 nitrogen and oxygen atoms in total. The van der Waals surface area contributed by atoms with Crippen LogP contribution in [0.3, 0.4) is 0 Å². The first-order valence-electron chi connectivity index (χ1n) is 1.41. The Balaban J connectivity index is -0.00000000625. The van der Waals surface area contributed by atoms with Crippen molar-refractivity contribution in [1.82, 2.24) is 0 Å². The van der Waals surface area contributed by atoms with Gasteiger partial charge in [0, 0.05) is 0 Å². The molecule has 0 spiro atoms. The first-order valence-corrected chi connectivity index (χ1v) is 1.41. The summed E-state index contributed by atoms with van der Waals surface area (Å²) in [7, 11) is 0. The second kappa shape index (κ2) is 80.9. The zero-order valence-electron chi connectivity index (χ0n) is 4.32. The normalized spacial score (nSPS) is 2.80. The van der Waals surface area contributed by atoms with Gasteiger partial charge < -0.3 is 10.3 Å². The predicted molar refractivity (Wildman–Crippen MR) is 44.1 cm³/mol. The van der Waals surface area contributed by atoms with Crippen LogP contribution in [0.15, 0.2) is 0 Å². The van der Waals surface area contributed by atoms with Gasteiger partial charge in [-0.3, -0.25) is 0 Å². The van der Waals surface area contributed by atoms with Gasteiger partial charge in [0.1, 0.15) is 5.78 Å². The number of Topliss-reactive ketones (excluding diaryl/α,β-unsaturated/α-hetero) is 1. The van der Waals surface area contributed by atoms with Crippen molar-refractivity contribution in [2.24, 2.45) is 0 Å². The Morgan fingerprint density at radius 2 is 1.10 bits per heavy atom. The molecule has 0 aliphatic carbocycles. The molecule has 3 heteroatoms. The third kappa shape index (κ3) is 753. The van der Waals surface area contributed by atoms with Gasteiger partial charge in [0.2, 0.25) is 0 Å². The zero-order valence-corrected chi connectivity index (χ0v) is 4.32. The fourth-order valence-electron chi connectivity index (χ4n) is 0. The minimum atomic E-state index is 0. The third-order valence-corrected chi connectivity index (χ3v) is 0. The third-order valence-electron chi connectivity index (χ3n) is 0. The first kappa shape index (κ1) is 57.8. The van der Waals surface area contributed by atoms with E-state index in [1.807, 2.05) is 0 Å². The van der Waals surface area contributed by atoms with E-state index in [2.05, 4.69) is 6.65 Å². The van der Waals surface area contributed by atoms with Crippen molar-refractivity contribution in [1.29, 1.82) is 0 Å². The number of ketones is 1. The maximum atomic E-state index is 9.44. The van der Waals surface area contributed by atoms with E-state index in [0.29, 0.717) is 0 Å². The summed E-state index contributed by atoms with van der Waals surface area (Å²) in [6.07, 6.45) is 0. The van der Waals surface area contributed by atoms with E-state index in [-0.39, 0.29) is 33.5 Å². The van der Waals surface area contributed by atoms with Gasteiger partial charge in [-0.2, -0.15) is 0 Å². The zero-order chi connectivity index (χ0) is 5.58. The summed E-state index contributed by atoms with van der Waals surface area (Å²) in [5, 5.41) is 0.